The van der Waals surface area contributed by atoms with Gasteiger partial charge in [-0.25, -0.2) is 0 Å². The first kappa shape index (κ1) is 12.6. The van der Waals surface area contributed by atoms with Gasteiger partial charge in [0.1, 0.15) is 0 Å². The molecule has 1 fully saturated rings. The number of carbonyl (C=O) groups excluding carboxylic acids is 1. The molecule has 0 radical (unpaired) electrons. The summed E-state index contributed by atoms with van der Waals surface area (Å²) < 4.78 is 0. The highest BCUT2D eigenvalue weighted by Crippen LogP contribution is 2.10. The van der Waals surface area contributed by atoms with Gasteiger partial charge in [0.05, 0.1) is 5.71 Å². The molecule has 96 valence electrons. The average Bonchev–Trinajstić information content (AvgIpc) is 2.46. The van der Waals surface area contributed by atoms with Gasteiger partial charge in [-0.2, -0.15) is 0 Å². The maximum absolute atomic E-state index is 12.0. The first-order valence-electron chi connectivity index (χ1n) is 6.31. The summed E-state index contributed by atoms with van der Waals surface area (Å²) in [5, 5.41) is 11.9. The van der Waals surface area contributed by atoms with Crippen LogP contribution in [0.15, 0.2) is 35.5 Å². The minimum absolute atomic E-state index is 0.191. The molecule has 0 bridgehead atoms. The molecule has 1 saturated heterocycles. The summed E-state index contributed by atoms with van der Waals surface area (Å²) in [5.74, 6) is 0.191. The van der Waals surface area contributed by atoms with E-state index in [1.807, 2.05) is 35.2 Å². The van der Waals surface area contributed by atoms with Gasteiger partial charge in [0.2, 0.25) is 5.91 Å². The van der Waals surface area contributed by atoms with E-state index in [-0.39, 0.29) is 5.91 Å². The van der Waals surface area contributed by atoms with Crippen molar-refractivity contribution in [3.8, 4) is 0 Å². The molecule has 0 spiro atoms. The number of benzene rings is 1. The van der Waals surface area contributed by atoms with Crippen molar-refractivity contribution in [2.45, 2.75) is 25.7 Å². The molecule has 1 aliphatic rings. The number of nitrogens with zero attached hydrogens (tertiary/aromatic N) is 2. The molecule has 1 aromatic rings. The van der Waals surface area contributed by atoms with E-state index in [1.165, 1.54) is 5.56 Å². The zero-order chi connectivity index (χ0) is 12.8. The Balaban J connectivity index is 1.79. The number of hydrogen-bond donors (Lipinski definition) is 1. The van der Waals surface area contributed by atoms with Crippen molar-refractivity contribution < 1.29 is 10.0 Å². The van der Waals surface area contributed by atoms with Gasteiger partial charge in [-0.15, -0.1) is 0 Å². The van der Waals surface area contributed by atoms with Crippen LogP contribution in [0.3, 0.4) is 0 Å². The lowest BCUT2D eigenvalue weighted by molar-refractivity contribution is -0.131. The minimum Gasteiger partial charge on any atom is -0.411 e. The van der Waals surface area contributed by atoms with Crippen LogP contribution in [0.5, 0.6) is 0 Å². The van der Waals surface area contributed by atoms with E-state index in [2.05, 4.69) is 5.16 Å². The Hall–Kier alpha value is -1.84. The van der Waals surface area contributed by atoms with Crippen LogP contribution in [0.2, 0.25) is 0 Å². The maximum Gasteiger partial charge on any atom is 0.222 e. The zero-order valence-corrected chi connectivity index (χ0v) is 10.4. The van der Waals surface area contributed by atoms with E-state index in [1.54, 1.807) is 0 Å². The van der Waals surface area contributed by atoms with Crippen molar-refractivity contribution in [2.24, 2.45) is 5.16 Å². The van der Waals surface area contributed by atoms with Crippen LogP contribution in [-0.2, 0) is 11.2 Å². The van der Waals surface area contributed by atoms with Gasteiger partial charge in [0, 0.05) is 32.4 Å². The van der Waals surface area contributed by atoms with Crippen molar-refractivity contribution in [2.75, 3.05) is 13.1 Å². The molecular weight excluding hydrogens is 228 g/mol. The predicted molar refractivity (Wildman–Crippen MR) is 69.8 cm³/mol. The van der Waals surface area contributed by atoms with Crippen LogP contribution in [0.25, 0.3) is 0 Å². The fourth-order valence-electron chi connectivity index (χ4n) is 2.17. The molecule has 1 aliphatic heterocycles. The normalized spacial score (nSPS) is 15.6. The highest BCUT2D eigenvalue weighted by molar-refractivity contribution is 5.87. The minimum atomic E-state index is 0.191. The molecule has 0 atom stereocenters. The Morgan fingerprint density at radius 3 is 2.50 bits per heavy atom. The molecule has 4 heteroatoms. The summed E-state index contributed by atoms with van der Waals surface area (Å²) in [4.78, 5) is 13.8. The van der Waals surface area contributed by atoms with Crippen molar-refractivity contribution in [3.05, 3.63) is 35.9 Å². The number of oxime groups is 1. The lowest BCUT2D eigenvalue weighted by atomic mass is 10.1. The molecule has 1 N–H and O–H groups in total. The average molecular weight is 246 g/mol. The third-order valence-electron chi connectivity index (χ3n) is 3.31. The molecule has 18 heavy (non-hydrogen) atoms. The molecule has 2 rings (SSSR count). The topological polar surface area (TPSA) is 52.9 Å². The van der Waals surface area contributed by atoms with Gasteiger partial charge in [0.15, 0.2) is 0 Å². The molecular formula is C14H18N2O2. The van der Waals surface area contributed by atoms with Crippen molar-refractivity contribution in [3.63, 3.8) is 0 Å². The predicted octanol–water partition coefficient (Wildman–Crippen LogP) is 2.07. The lowest BCUT2D eigenvalue weighted by Crippen LogP contribution is -2.38. The second-order valence-electron chi connectivity index (χ2n) is 4.53. The van der Waals surface area contributed by atoms with E-state index in [0.29, 0.717) is 32.4 Å². The van der Waals surface area contributed by atoms with Gasteiger partial charge in [-0.3, -0.25) is 4.79 Å². The van der Waals surface area contributed by atoms with Gasteiger partial charge in [-0.1, -0.05) is 35.5 Å². The number of amides is 1. The highest BCUT2D eigenvalue weighted by Gasteiger charge is 2.19. The Morgan fingerprint density at radius 2 is 1.89 bits per heavy atom. The summed E-state index contributed by atoms with van der Waals surface area (Å²) >= 11 is 0. The summed E-state index contributed by atoms with van der Waals surface area (Å²) in [6.45, 7) is 1.35. The van der Waals surface area contributed by atoms with Gasteiger partial charge < -0.3 is 10.1 Å². The number of hydrogen-bond acceptors (Lipinski definition) is 3. The monoisotopic (exact) mass is 246 g/mol. The van der Waals surface area contributed by atoms with E-state index in [4.69, 9.17) is 5.21 Å². The molecule has 0 unspecified atom stereocenters. The third-order valence-corrected chi connectivity index (χ3v) is 3.31. The van der Waals surface area contributed by atoms with Crippen LogP contribution >= 0.6 is 0 Å². The summed E-state index contributed by atoms with van der Waals surface area (Å²) in [6.07, 6.45) is 2.72. The van der Waals surface area contributed by atoms with Crippen LogP contribution in [-0.4, -0.2) is 34.8 Å². The SMILES string of the molecule is O=C(CCc1ccccc1)N1CCC(=NO)CC1. The van der Waals surface area contributed by atoms with Gasteiger partial charge >= 0.3 is 0 Å². The smallest absolute Gasteiger partial charge is 0.222 e. The van der Waals surface area contributed by atoms with E-state index < -0.39 is 0 Å². The molecule has 0 aliphatic carbocycles. The molecule has 4 nitrogen and oxygen atoms in total. The molecule has 0 saturated carbocycles. The standard InChI is InChI=1S/C14H18N2O2/c17-14(7-6-12-4-2-1-3-5-12)16-10-8-13(15-18)9-11-16/h1-5,18H,6-11H2. The summed E-state index contributed by atoms with van der Waals surface area (Å²) in [5.41, 5.74) is 1.99. The Kier molecular flexibility index (Phi) is 4.34. The van der Waals surface area contributed by atoms with Crippen molar-refractivity contribution >= 4 is 11.6 Å². The number of piperidine rings is 1. The second-order valence-corrected chi connectivity index (χ2v) is 4.53. The Labute approximate surface area is 107 Å². The summed E-state index contributed by atoms with van der Waals surface area (Å²) in [7, 11) is 0. The molecule has 0 aromatic heterocycles. The van der Waals surface area contributed by atoms with Crippen molar-refractivity contribution in [1.29, 1.82) is 0 Å². The highest BCUT2D eigenvalue weighted by atomic mass is 16.4. The molecule has 1 heterocycles. The van der Waals surface area contributed by atoms with E-state index in [0.717, 1.165) is 12.1 Å². The Morgan fingerprint density at radius 1 is 1.22 bits per heavy atom. The number of aryl methyl sites for hydroxylation is 1. The van der Waals surface area contributed by atoms with Crippen molar-refractivity contribution in [1.82, 2.24) is 4.90 Å². The molecule has 1 aromatic carbocycles. The lowest BCUT2D eigenvalue weighted by Gasteiger charge is -2.27. The summed E-state index contributed by atoms with van der Waals surface area (Å²) in [6, 6.07) is 10.0. The van der Waals surface area contributed by atoms with E-state index in [9.17, 15) is 4.79 Å². The fourth-order valence-corrected chi connectivity index (χ4v) is 2.17. The third kappa shape index (κ3) is 3.32. The first-order valence-corrected chi connectivity index (χ1v) is 6.31. The zero-order valence-electron chi connectivity index (χ0n) is 10.4. The maximum atomic E-state index is 12.0. The number of rotatable bonds is 3. The number of carbonyl (C=O) groups is 1. The van der Waals surface area contributed by atoms with E-state index >= 15 is 0 Å². The van der Waals surface area contributed by atoms with Gasteiger partial charge in [-0.05, 0) is 12.0 Å². The quantitative estimate of drug-likeness (QED) is 0.655. The van der Waals surface area contributed by atoms with Crippen LogP contribution in [0.4, 0.5) is 0 Å². The van der Waals surface area contributed by atoms with Crippen LogP contribution < -0.4 is 0 Å². The fraction of sp³-hybridized carbons (Fsp3) is 0.429. The number of likely N-dealkylation sites (tertiary alicyclic amines) is 1. The second kappa shape index (κ2) is 6.19. The van der Waals surface area contributed by atoms with Gasteiger partial charge in [0.25, 0.3) is 0 Å². The largest absolute Gasteiger partial charge is 0.411 e. The Bertz CT molecular complexity index is 419. The first-order chi connectivity index (χ1) is 8.79. The van der Waals surface area contributed by atoms with Crippen LogP contribution in [0, 0.1) is 0 Å². The van der Waals surface area contributed by atoms with Crippen LogP contribution in [0.1, 0.15) is 24.8 Å². The molecule has 1 amide bonds.